The number of carbonyl (C=O) groups is 2. The summed E-state index contributed by atoms with van der Waals surface area (Å²) in [7, 11) is -2.31. The van der Waals surface area contributed by atoms with Crippen LogP contribution in [0.3, 0.4) is 0 Å². The van der Waals surface area contributed by atoms with Gasteiger partial charge in [0.1, 0.15) is 10.6 Å². The van der Waals surface area contributed by atoms with Gasteiger partial charge in [-0.15, -0.1) is 0 Å². The Bertz CT molecular complexity index is 1070. The molecule has 3 rings (SSSR count). The van der Waals surface area contributed by atoms with Crippen LogP contribution in [0.25, 0.3) is 0 Å². The Balaban J connectivity index is 1.64. The number of fused-ring (bicyclic) bond motifs is 1. The molecule has 0 fully saturated rings. The van der Waals surface area contributed by atoms with Gasteiger partial charge >= 0.3 is 0 Å². The number of amides is 2. The molecule has 0 aliphatic carbocycles. The van der Waals surface area contributed by atoms with E-state index >= 15 is 0 Å². The number of nitrogens with zero attached hydrogens (tertiary/aromatic N) is 2. The molecular formula is C21H23ClN2O5S. The summed E-state index contributed by atoms with van der Waals surface area (Å²) in [6.45, 7) is 4.10. The molecule has 0 unspecified atom stereocenters. The number of rotatable bonds is 7. The molecule has 0 bridgehead atoms. The molecule has 0 radical (unpaired) electrons. The number of hydrogen-bond donors (Lipinski definition) is 0. The Morgan fingerprint density at radius 3 is 2.47 bits per heavy atom. The van der Waals surface area contributed by atoms with E-state index in [0.717, 1.165) is 4.31 Å². The molecule has 2 amide bonds. The van der Waals surface area contributed by atoms with E-state index in [4.69, 9.17) is 16.3 Å². The topological polar surface area (TPSA) is 84.0 Å². The molecule has 0 N–H and O–H groups in total. The molecule has 0 aromatic heterocycles. The predicted octanol–water partition coefficient (Wildman–Crippen LogP) is 3.43. The van der Waals surface area contributed by atoms with Crippen molar-refractivity contribution in [1.82, 2.24) is 9.21 Å². The molecule has 7 nitrogen and oxygen atoms in total. The van der Waals surface area contributed by atoms with Crippen molar-refractivity contribution in [2.24, 2.45) is 0 Å². The van der Waals surface area contributed by atoms with Gasteiger partial charge in [0.15, 0.2) is 0 Å². The Hall–Kier alpha value is -2.58. The van der Waals surface area contributed by atoms with Gasteiger partial charge in [0.2, 0.25) is 0 Å². The fourth-order valence-electron chi connectivity index (χ4n) is 3.24. The summed E-state index contributed by atoms with van der Waals surface area (Å²) in [6.07, 6.45) is 0.591. The highest BCUT2D eigenvalue weighted by Crippen LogP contribution is 2.32. The first-order valence-electron chi connectivity index (χ1n) is 9.49. The average Bonchev–Trinajstić information content (AvgIpc) is 2.91. The quantitative estimate of drug-likeness (QED) is 0.603. The number of benzene rings is 2. The van der Waals surface area contributed by atoms with Crippen LogP contribution in [-0.2, 0) is 10.0 Å². The number of halogens is 1. The van der Waals surface area contributed by atoms with E-state index in [1.807, 2.05) is 0 Å². The van der Waals surface area contributed by atoms with Crippen LogP contribution in [0.15, 0.2) is 47.4 Å². The number of sulfonamides is 1. The van der Waals surface area contributed by atoms with Gasteiger partial charge < -0.3 is 9.64 Å². The molecule has 2 aromatic carbocycles. The Morgan fingerprint density at radius 2 is 1.83 bits per heavy atom. The van der Waals surface area contributed by atoms with Gasteiger partial charge in [0.25, 0.3) is 21.8 Å². The highest BCUT2D eigenvalue weighted by molar-refractivity contribution is 7.90. The molecule has 0 atom stereocenters. The van der Waals surface area contributed by atoms with Crippen molar-refractivity contribution < 1.29 is 22.7 Å². The molecule has 9 heteroatoms. The monoisotopic (exact) mass is 450 g/mol. The van der Waals surface area contributed by atoms with Crippen molar-refractivity contribution in [3.05, 3.63) is 58.6 Å². The Labute approximate surface area is 181 Å². The highest BCUT2D eigenvalue weighted by atomic mass is 35.5. The summed E-state index contributed by atoms with van der Waals surface area (Å²) < 4.78 is 31.9. The first-order valence-corrected chi connectivity index (χ1v) is 11.3. The van der Waals surface area contributed by atoms with Gasteiger partial charge in [-0.2, -0.15) is 0 Å². The predicted molar refractivity (Wildman–Crippen MR) is 113 cm³/mol. The lowest BCUT2D eigenvalue weighted by molar-refractivity contribution is 0.0785. The van der Waals surface area contributed by atoms with Gasteiger partial charge in [-0.25, -0.2) is 12.7 Å². The maximum absolute atomic E-state index is 12.7. The Morgan fingerprint density at radius 1 is 1.17 bits per heavy atom. The van der Waals surface area contributed by atoms with Crippen LogP contribution in [0.2, 0.25) is 5.02 Å². The van der Waals surface area contributed by atoms with Gasteiger partial charge in [0.05, 0.1) is 12.2 Å². The van der Waals surface area contributed by atoms with E-state index in [2.05, 4.69) is 0 Å². The summed E-state index contributed by atoms with van der Waals surface area (Å²) in [4.78, 5) is 26.5. The van der Waals surface area contributed by atoms with Gasteiger partial charge in [-0.1, -0.05) is 11.6 Å². The van der Waals surface area contributed by atoms with E-state index in [-0.39, 0.29) is 21.9 Å². The molecule has 0 saturated heterocycles. The fourth-order valence-corrected chi connectivity index (χ4v) is 5.15. The second-order valence-electron chi connectivity index (χ2n) is 7.29. The van der Waals surface area contributed by atoms with Crippen LogP contribution >= 0.6 is 11.6 Å². The van der Waals surface area contributed by atoms with Crippen molar-refractivity contribution in [2.45, 2.75) is 31.2 Å². The lowest BCUT2D eigenvalue weighted by Gasteiger charge is -2.19. The molecular weight excluding hydrogens is 428 g/mol. The van der Waals surface area contributed by atoms with E-state index in [1.54, 1.807) is 45.2 Å². The van der Waals surface area contributed by atoms with Crippen LogP contribution in [0.1, 0.15) is 41.0 Å². The molecule has 30 heavy (non-hydrogen) atoms. The molecule has 1 heterocycles. The third-order valence-corrected chi connectivity index (χ3v) is 6.98. The first-order chi connectivity index (χ1) is 14.1. The zero-order chi connectivity index (χ0) is 22.1. The summed E-state index contributed by atoms with van der Waals surface area (Å²) in [5, 5.41) is 0.627. The molecule has 1 aliphatic heterocycles. The Kier molecular flexibility index (Phi) is 6.38. The second kappa shape index (κ2) is 8.65. The van der Waals surface area contributed by atoms with Crippen LogP contribution in [-0.4, -0.2) is 55.7 Å². The lowest BCUT2D eigenvalue weighted by Crippen LogP contribution is -2.36. The van der Waals surface area contributed by atoms with Crippen molar-refractivity contribution in [1.29, 1.82) is 0 Å². The second-order valence-corrected chi connectivity index (χ2v) is 9.51. The van der Waals surface area contributed by atoms with Crippen molar-refractivity contribution in [3.8, 4) is 5.75 Å². The SMILES string of the molecule is CC(C)N1C(=O)c2ccc(C(=O)N(C)CCCOc3ccc(Cl)cc3)cc2S1(=O)=O. The first kappa shape index (κ1) is 22.1. The number of carbonyl (C=O) groups excluding carboxylic acids is 2. The van der Waals surface area contributed by atoms with E-state index in [0.29, 0.717) is 30.3 Å². The molecule has 0 spiro atoms. The van der Waals surface area contributed by atoms with Crippen LogP contribution < -0.4 is 4.74 Å². The molecule has 160 valence electrons. The highest BCUT2D eigenvalue weighted by Gasteiger charge is 2.43. The smallest absolute Gasteiger partial charge is 0.269 e. The summed E-state index contributed by atoms with van der Waals surface area (Å²) in [6, 6.07) is 10.7. The molecule has 1 aliphatic rings. The summed E-state index contributed by atoms with van der Waals surface area (Å²) in [5.74, 6) is -0.196. The van der Waals surface area contributed by atoms with Crippen molar-refractivity contribution >= 4 is 33.4 Å². The van der Waals surface area contributed by atoms with E-state index < -0.39 is 22.0 Å². The largest absolute Gasteiger partial charge is 0.494 e. The van der Waals surface area contributed by atoms with Gasteiger partial charge in [0, 0.05) is 30.2 Å². The van der Waals surface area contributed by atoms with Gasteiger partial charge in [-0.05, 0) is 62.7 Å². The van der Waals surface area contributed by atoms with E-state index in [1.165, 1.54) is 23.1 Å². The molecule has 0 saturated carbocycles. The zero-order valence-corrected chi connectivity index (χ0v) is 18.5. The fraction of sp³-hybridized carbons (Fsp3) is 0.333. The van der Waals surface area contributed by atoms with Crippen LogP contribution in [0.5, 0.6) is 5.75 Å². The van der Waals surface area contributed by atoms with Crippen molar-refractivity contribution in [2.75, 3.05) is 20.2 Å². The minimum absolute atomic E-state index is 0.0965. The third-order valence-electron chi connectivity index (χ3n) is 4.73. The minimum atomic E-state index is -3.95. The standard InChI is InChI=1S/C21H23ClN2O5S/c1-14(2)24-21(26)18-10-5-15(13-19(18)30(24,27)28)20(25)23(3)11-4-12-29-17-8-6-16(22)7-9-17/h5-10,13-14H,4,11-12H2,1-3H3. The van der Waals surface area contributed by atoms with Crippen LogP contribution in [0.4, 0.5) is 0 Å². The van der Waals surface area contributed by atoms with Gasteiger partial charge in [-0.3, -0.25) is 9.59 Å². The maximum atomic E-state index is 12.7. The minimum Gasteiger partial charge on any atom is -0.494 e. The summed E-state index contributed by atoms with van der Waals surface area (Å²) in [5.41, 5.74) is 0.316. The number of ether oxygens (including phenoxy) is 1. The van der Waals surface area contributed by atoms with Crippen LogP contribution in [0, 0.1) is 0 Å². The molecule has 2 aromatic rings. The van der Waals surface area contributed by atoms with Crippen molar-refractivity contribution in [3.63, 3.8) is 0 Å². The average molecular weight is 451 g/mol. The third kappa shape index (κ3) is 4.29. The van der Waals surface area contributed by atoms with E-state index in [9.17, 15) is 18.0 Å². The number of hydrogen-bond acceptors (Lipinski definition) is 5. The lowest BCUT2D eigenvalue weighted by atomic mass is 10.1. The summed E-state index contributed by atoms with van der Waals surface area (Å²) >= 11 is 5.83. The maximum Gasteiger partial charge on any atom is 0.269 e. The normalized spacial score (nSPS) is 14.7. The zero-order valence-electron chi connectivity index (χ0n) is 17.0.